The Morgan fingerprint density at radius 2 is 2.23 bits per heavy atom. The molecule has 2 heteroatoms. The zero-order chi connectivity index (χ0) is 9.26. The maximum absolute atomic E-state index is 4.21. The van der Waals surface area contributed by atoms with Gasteiger partial charge in [0.05, 0.1) is 0 Å². The molecule has 0 radical (unpaired) electrons. The van der Waals surface area contributed by atoms with Gasteiger partial charge >= 0.3 is 0 Å². The van der Waals surface area contributed by atoms with Crippen molar-refractivity contribution in [2.24, 2.45) is 0 Å². The van der Waals surface area contributed by atoms with Crippen molar-refractivity contribution in [3.8, 4) is 0 Å². The van der Waals surface area contributed by atoms with Crippen LogP contribution in [0.4, 0.5) is 0 Å². The summed E-state index contributed by atoms with van der Waals surface area (Å²) < 4.78 is 0. The summed E-state index contributed by atoms with van der Waals surface area (Å²) in [7, 11) is 0. The molecule has 0 unspecified atom stereocenters. The van der Waals surface area contributed by atoms with E-state index in [0.29, 0.717) is 0 Å². The van der Waals surface area contributed by atoms with Crippen molar-refractivity contribution in [2.45, 2.75) is 6.42 Å². The van der Waals surface area contributed by atoms with Crippen LogP contribution < -0.4 is 0 Å². The molecule has 0 saturated carbocycles. The first-order chi connectivity index (χ1) is 6.27. The molecule has 0 atom stereocenters. The molecule has 0 saturated heterocycles. The number of aromatic amines is 1. The van der Waals surface area contributed by atoms with E-state index in [1.54, 1.807) is 0 Å². The van der Waals surface area contributed by atoms with Crippen molar-refractivity contribution in [3.05, 3.63) is 47.5 Å². The van der Waals surface area contributed by atoms with Gasteiger partial charge in [-0.1, -0.05) is 18.7 Å². The van der Waals surface area contributed by atoms with Gasteiger partial charge in [0.2, 0.25) is 0 Å². The summed E-state index contributed by atoms with van der Waals surface area (Å²) >= 11 is 4.21. The van der Waals surface area contributed by atoms with E-state index in [-0.39, 0.29) is 0 Å². The van der Waals surface area contributed by atoms with Gasteiger partial charge in [0.1, 0.15) is 0 Å². The van der Waals surface area contributed by atoms with Crippen LogP contribution in [0.3, 0.4) is 0 Å². The van der Waals surface area contributed by atoms with Crippen LogP contribution in [0.15, 0.2) is 41.9 Å². The highest BCUT2D eigenvalue weighted by Gasteiger charge is 2.00. The highest BCUT2D eigenvalue weighted by Crippen LogP contribution is 2.20. The average molecular weight is 189 g/mol. The molecule has 0 bridgehead atoms. The summed E-state index contributed by atoms with van der Waals surface area (Å²) in [4.78, 5) is 4.08. The minimum Gasteiger partial charge on any atom is -0.361 e. The van der Waals surface area contributed by atoms with E-state index in [1.807, 2.05) is 12.3 Å². The van der Waals surface area contributed by atoms with Crippen LogP contribution in [-0.4, -0.2) is 4.98 Å². The fraction of sp³-hybridized carbons (Fsp3) is 0.0909. The largest absolute Gasteiger partial charge is 0.361 e. The molecule has 2 aromatic rings. The molecule has 0 amide bonds. The number of rotatable bonds is 2. The fourth-order valence-electron chi connectivity index (χ4n) is 1.52. The van der Waals surface area contributed by atoms with Crippen LogP contribution in [-0.2, 0) is 6.42 Å². The molecule has 0 aliphatic rings. The highest BCUT2D eigenvalue weighted by molar-refractivity contribution is 7.84. The normalized spacial score (nSPS) is 10.5. The van der Waals surface area contributed by atoms with E-state index >= 15 is 0 Å². The molecule has 1 aromatic carbocycles. The molecule has 1 heterocycles. The van der Waals surface area contributed by atoms with E-state index in [9.17, 15) is 0 Å². The van der Waals surface area contributed by atoms with Crippen molar-refractivity contribution in [1.82, 2.24) is 4.98 Å². The molecule has 1 N–H and O–H groups in total. The van der Waals surface area contributed by atoms with Gasteiger partial charge in [-0.15, -0.1) is 12.6 Å². The van der Waals surface area contributed by atoms with Gasteiger partial charge in [-0.25, -0.2) is 0 Å². The van der Waals surface area contributed by atoms with E-state index in [4.69, 9.17) is 0 Å². The quantitative estimate of drug-likeness (QED) is 0.675. The lowest BCUT2D eigenvalue weighted by Gasteiger charge is -2.01. The predicted octanol–water partition coefficient (Wildman–Crippen LogP) is 3.15. The summed E-state index contributed by atoms with van der Waals surface area (Å²) in [6, 6.07) is 8.31. The molecule has 66 valence electrons. The third-order valence-electron chi connectivity index (χ3n) is 2.08. The Hall–Kier alpha value is -1.15. The Morgan fingerprint density at radius 3 is 3.00 bits per heavy atom. The first-order valence-corrected chi connectivity index (χ1v) is 4.64. The summed E-state index contributed by atoms with van der Waals surface area (Å²) in [6.45, 7) is 3.80. The third-order valence-corrected chi connectivity index (χ3v) is 2.24. The summed E-state index contributed by atoms with van der Waals surface area (Å²) in [5.74, 6) is 0. The van der Waals surface area contributed by atoms with Gasteiger partial charge in [0.25, 0.3) is 0 Å². The second-order valence-electron chi connectivity index (χ2n) is 3.10. The Kier molecular flexibility index (Phi) is 2.15. The predicted molar refractivity (Wildman–Crippen MR) is 60.1 cm³/mol. The lowest BCUT2D eigenvalue weighted by atomic mass is 10.1. The number of hydrogen-bond donors (Lipinski definition) is 2. The number of hydrogen-bond acceptors (Lipinski definition) is 1. The van der Waals surface area contributed by atoms with Crippen LogP contribution in [0.25, 0.3) is 10.9 Å². The second-order valence-corrected chi connectivity index (χ2v) is 3.73. The van der Waals surface area contributed by atoms with Crippen LogP contribution in [0, 0.1) is 0 Å². The molecular formula is C11H11NS. The molecule has 13 heavy (non-hydrogen) atoms. The van der Waals surface area contributed by atoms with Gasteiger partial charge in [0.15, 0.2) is 0 Å². The number of aromatic nitrogens is 1. The third kappa shape index (κ3) is 1.63. The second kappa shape index (κ2) is 3.30. The Bertz CT molecular complexity index is 442. The number of nitrogens with one attached hydrogen (secondary N) is 1. The van der Waals surface area contributed by atoms with Crippen LogP contribution in [0.2, 0.25) is 0 Å². The van der Waals surface area contributed by atoms with Crippen LogP contribution in [0.1, 0.15) is 5.56 Å². The Balaban J connectivity index is 2.54. The van der Waals surface area contributed by atoms with E-state index < -0.39 is 0 Å². The van der Waals surface area contributed by atoms with Gasteiger partial charge in [-0.2, -0.15) is 0 Å². The number of fused-ring (bicyclic) bond motifs is 1. The molecule has 0 spiro atoms. The molecule has 2 rings (SSSR count). The lowest BCUT2D eigenvalue weighted by Crippen LogP contribution is -1.84. The number of H-pyrrole nitrogens is 1. The van der Waals surface area contributed by atoms with Crippen molar-refractivity contribution >= 4 is 23.5 Å². The maximum Gasteiger partial charge on any atom is 0.0456 e. The highest BCUT2D eigenvalue weighted by atomic mass is 32.1. The number of allylic oxidation sites excluding steroid dienone is 1. The number of benzene rings is 1. The first kappa shape index (κ1) is 8.45. The van der Waals surface area contributed by atoms with Crippen LogP contribution >= 0.6 is 12.6 Å². The lowest BCUT2D eigenvalue weighted by molar-refractivity contribution is 1.29. The molecular weight excluding hydrogens is 178 g/mol. The molecule has 1 aromatic heterocycles. The van der Waals surface area contributed by atoms with Crippen molar-refractivity contribution in [2.75, 3.05) is 0 Å². The molecule has 0 aliphatic carbocycles. The first-order valence-electron chi connectivity index (χ1n) is 4.19. The SMILES string of the molecule is C=C(S)Cc1cccc2[nH]ccc12. The standard InChI is InChI=1S/C11H11NS/c1-8(13)7-9-3-2-4-11-10(9)5-6-12-11/h2-6,12-13H,1,7H2. The Morgan fingerprint density at radius 1 is 1.38 bits per heavy atom. The zero-order valence-electron chi connectivity index (χ0n) is 7.25. The zero-order valence-corrected chi connectivity index (χ0v) is 8.14. The summed E-state index contributed by atoms with van der Waals surface area (Å²) in [6.07, 6.45) is 2.79. The fourth-order valence-corrected chi connectivity index (χ4v) is 1.69. The molecule has 1 nitrogen and oxygen atoms in total. The number of thiol groups is 1. The van der Waals surface area contributed by atoms with Crippen molar-refractivity contribution in [1.29, 1.82) is 0 Å². The smallest absolute Gasteiger partial charge is 0.0456 e. The summed E-state index contributed by atoms with van der Waals surface area (Å²) in [5, 5.41) is 1.26. The van der Waals surface area contributed by atoms with Crippen LogP contribution in [0.5, 0.6) is 0 Å². The van der Waals surface area contributed by atoms with E-state index in [2.05, 4.69) is 42.4 Å². The monoisotopic (exact) mass is 189 g/mol. The van der Waals surface area contributed by atoms with Gasteiger partial charge < -0.3 is 4.98 Å². The van der Waals surface area contributed by atoms with E-state index in [1.165, 1.54) is 16.5 Å². The van der Waals surface area contributed by atoms with Crippen molar-refractivity contribution in [3.63, 3.8) is 0 Å². The van der Waals surface area contributed by atoms with E-state index in [0.717, 1.165) is 11.3 Å². The average Bonchev–Trinajstić information content (AvgIpc) is 2.51. The minimum absolute atomic E-state index is 0.832. The molecule has 0 aliphatic heterocycles. The molecule has 0 fully saturated rings. The van der Waals surface area contributed by atoms with Gasteiger partial charge in [0, 0.05) is 23.5 Å². The van der Waals surface area contributed by atoms with Gasteiger partial charge in [-0.3, -0.25) is 0 Å². The Labute approximate surface area is 82.9 Å². The maximum atomic E-state index is 4.21. The van der Waals surface area contributed by atoms with Crippen molar-refractivity contribution < 1.29 is 0 Å². The van der Waals surface area contributed by atoms with Gasteiger partial charge in [-0.05, 0) is 22.6 Å². The minimum atomic E-state index is 0.832. The summed E-state index contributed by atoms with van der Waals surface area (Å²) in [5.41, 5.74) is 2.45. The topological polar surface area (TPSA) is 15.8 Å².